The van der Waals surface area contributed by atoms with Crippen LogP contribution >= 0.6 is 34.5 Å². The quantitative estimate of drug-likeness (QED) is 0.618. The normalized spacial score (nSPS) is 9.71. The van der Waals surface area contributed by atoms with Gasteiger partial charge in [-0.2, -0.15) is 0 Å². The highest BCUT2D eigenvalue weighted by Gasteiger charge is 2.13. The zero-order chi connectivity index (χ0) is 10.7. The second kappa shape index (κ2) is 4.84. The van der Waals surface area contributed by atoms with Crippen molar-refractivity contribution in [2.24, 2.45) is 0 Å². The number of amides is 1. The van der Waals surface area contributed by atoms with Crippen molar-refractivity contribution in [3.05, 3.63) is 28.8 Å². The van der Waals surface area contributed by atoms with E-state index in [4.69, 9.17) is 16.3 Å². The van der Waals surface area contributed by atoms with Gasteiger partial charge in [0.15, 0.2) is 0 Å². The first kappa shape index (κ1) is 11.6. The Labute approximate surface area is 101 Å². The van der Waals surface area contributed by atoms with Gasteiger partial charge in [-0.25, -0.2) is 0 Å². The Kier molecular flexibility index (Phi) is 4.00. The molecule has 0 atom stereocenters. The maximum Gasteiger partial charge on any atom is 0.263 e. The smallest absolute Gasteiger partial charge is 0.263 e. The Morgan fingerprint density at radius 2 is 2.21 bits per heavy atom. The first-order valence-corrected chi connectivity index (χ1v) is 5.18. The number of methoxy groups -OCH3 is 1. The third kappa shape index (κ3) is 2.51. The van der Waals surface area contributed by atoms with Crippen molar-refractivity contribution in [2.75, 3.05) is 14.2 Å². The van der Waals surface area contributed by atoms with Gasteiger partial charge in [-0.3, -0.25) is 7.91 Å². The van der Waals surface area contributed by atoms with Gasteiger partial charge in [0.25, 0.3) is 5.91 Å². The molecule has 0 aromatic heterocycles. The number of nitrogens with zero attached hydrogens (tertiary/aromatic N) is 1. The Morgan fingerprint density at radius 1 is 1.57 bits per heavy atom. The van der Waals surface area contributed by atoms with E-state index in [9.17, 15) is 4.79 Å². The lowest BCUT2D eigenvalue weighted by molar-refractivity contribution is 0.0906. The standard InChI is InChI=1S/C9H9ClINO2/c1-12(11)9(13)7-4-3-6(14-2)5-8(7)10/h3-5H,1-2H3. The van der Waals surface area contributed by atoms with Crippen LogP contribution in [0, 0.1) is 0 Å². The number of ether oxygens (including phenoxy) is 1. The fraction of sp³-hybridized carbons (Fsp3) is 0.222. The molecule has 0 aliphatic rings. The number of halogens is 2. The lowest BCUT2D eigenvalue weighted by atomic mass is 10.2. The van der Waals surface area contributed by atoms with Gasteiger partial charge in [-0.1, -0.05) is 11.6 Å². The summed E-state index contributed by atoms with van der Waals surface area (Å²) in [6, 6.07) is 4.98. The minimum absolute atomic E-state index is 0.127. The monoisotopic (exact) mass is 325 g/mol. The van der Waals surface area contributed by atoms with E-state index in [1.54, 1.807) is 32.4 Å². The van der Waals surface area contributed by atoms with Gasteiger partial charge in [0.05, 0.1) is 40.6 Å². The van der Waals surface area contributed by atoms with Gasteiger partial charge in [-0.15, -0.1) is 0 Å². The Hall–Kier alpha value is -0.490. The highest BCUT2D eigenvalue weighted by Crippen LogP contribution is 2.23. The van der Waals surface area contributed by atoms with Crippen molar-refractivity contribution in [2.45, 2.75) is 0 Å². The van der Waals surface area contributed by atoms with Crippen LogP contribution in [0.5, 0.6) is 5.75 Å². The molecule has 0 unspecified atom stereocenters. The van der Waals surface area contributed by atoms with Gasteiger partial charge < -0.3 is 4.74 Å². The van der Waals surface area contributed by atoms with E-state index >= 15 is 0 Å². The van der Waals surface area contributed by atoms with E-state index < -0.39 is 0 Å². The third-order valence-corrected chi connectivity index (χ3v) is 2.44. The number of rotatable bonds is 2. The molecule has 1 amide bonds. The number of carbonyl (C=O) groups is 1. The molecule has 1 rings (SSSR count). The van der Waals surface area contributed by atoms with Crippen molar-refractivity contribution in [1.82, 2.24) is 3.11 Å². The molecule has 0 radical (unpaired) electrons. The van der Waals surface area contributed by atoms with E-state index in [1.807, 2.05) is 22.9 Å². The lowest BCUT2D eigenvalue weighted by Gasteiger charge is -2.09. The largest absolute Gasteiger partial charge is 0.497 e. The zero-order valence-corrected chi connectivity index (χ0v) is 10.7. The molecule has 0 bridgehead atoms. The number of carbonyl (C=O) groups excluding carboxylic acids is 1. The zero-order valence-electron chi connectivity index (χ0n) is 7.75. The van der Waals surface area contributed by atoms with Crippen molar-refractivity contribution in [3.63, 3.8) is 0 Å². The van der Waals surface area contributed by atoms with E-state index in [1.165, 1.54) is 3.11 Å². The predicted octanol–water partition coefficient (Wildman–Crippen LogP) is 2.77. The maximum atomic E-state index is 11.6. The average molecular weight is 326 g/mol. The molecule has 0 heterocycles. The summed E-state index contributed by atoms with van der Waals surface area (Å²) in [5, 5.41) is 0.401. The summed E-state index contributed by atoms with van der Waals surface area (Å²) in [4.78, 5) is 11.6. The molecule has 3 nitrogen and oxygen atoms in total. The van der Waals surface area contributed by atoms with Crippen LogP contribution in [0.3, 0.4) is 0 Å². The molecule has 0 spiro atoms. The van der Waals surface area contributed by atoms with Crippen LogP contribution < -0.4 is 4.74 Å². The fourth-order valence-corrected chi connectivity index (χ4v) is 1.47. The van der Waals surface area contributed by atoms with E-state index in [2.05, 4.69) is 0 Å². The number of hydrogen-bond donors (Lipinski definition) is 0. The molecule has 0 N–H and O–H groups in total. The van der Waals surface area contributed by atoms with Crippen molar-refractivity contribution >= 4 is 40.4 Å². The molecular formula is C9H9ClINO2. The molecule has 1 aromatic carbocycles. The van der Waals surface area contributed by atoms with Gasteiger partial charge in [0.1, 0.15) is 5.75 Å². The van der Waals surface area contributed by atoms with Crippen LogP contribution in [-0.2, 0) is 0 Å². The summed E-state index contributed by atoms with van der Waals surface area (Å²) in [6.45, 7) is 0. The van der Waals surface area contributed by atoms with E-state index in [0.29, 0.717) is 16.3 Å². The Balaban J connectivity index is 3.06. The number of benzene rings is 1. The molecule has 5 heteroatoms. The highest BCUT2D eigenvalue weighted by atomic mass is 127. The third-order valence-electron chi connectivity index (χ3n) is 1.69. The van der Waals surface area contributed by atoms with E-state index in [0.717, 1.165) is 0 Å². The van der Waals surface area contributed by atoms with Crippen LogP contribution in [0.15, 0.2) is 18.2 Å². The molecule has 0 saturated carbocycles. The van der Waals surface area contributed by atoms with Crippen molar-refractivity contribution in [1.29, 1.82) is 0 Å². The molecule has 0 aliphatic carbocycles. The van der Waals surface area contributed by atoms with Crippen LogP contribution in [0.1, 0.15) is 10.4 Å². The summed E-state index contributed by atoms with van der Waals surface area (Å²) >= 11 is 7.82. The highest BCUT2D eigenvalue weighted by molar-refractivity contribution is 14.1. The van der Waals surface area contributed by atoms with Crippen LogP contribution in [0.4, 0.5) is 0 Å². The van der Waals surface area contributed by atoms with Crippen LogP contribution in [0.25, 0.3) is 0 Å². The molecule has 0 aliphatic heterocycles. The number of hydrogen-bond acceptors (Lipinski definition) is 2. The second-order valence-corrected chi connectivity index (χ2v) is 4.48. The Bertz CT molecular complexity index is 355. The van der Waals surface area contributed by atoms with Crippen LogP contribution in [-0.4, -0.2) is 23.2 Å². The summed E-state index contributed by atoms with van der Waals surface area (Å²) in [5.41, 5.74) is 0.476. The van der Waals surface area contributed by atoms with Gasteiger partial charge in [0, 0.05) is 7.05 Å². The van der Waals surface area contributed by atoms with Crippen molar-refractivity contribution < 1.29 is 9.53 Å². The molecule has 76 valence electrons. The van der Waals surface area contributed by atoms with Gasteiger partial charge in [-0.05, 0) is 18.2 Å². The summed E-state index contributed by atoms with van der Waals surface area (Å²) in [7, 11) is 3.22. The lowest BCUT2D eigenvalue weighted by Crippen LogP contribution is -2.15. The van der Waals surface area contributed by atoms with E-state index in [-0.39, 0.29) is 5.91 Å². The summed E-state index contributed by atoms with van der Waals surface area (Å²) < 4.78 is 6.43. The summed E-state index contributed by atoms with van der Waals surface area (Å²) in [6.07, 6.45) is 0. The fourth-order valence-electron chi connectivity index (χ4n) is 0.962. The molecular weight excluding hydrogens is 316 g/mol. The molecule has 0 fully saturated rings. The Morgan fingerprint density at radius 3 is 2.64 bits per heavy atom. The maximum absolute atomic E-state index is 11.6. The first-order valence-electron chi connectivity index (χ1n) is 3.83. The van der Waals surface area contributed by atoms with Crippen LogP contribution in [0.2, 0.25) is 5.02 Å². The molecule has 0 saturated heterocycles. The topological polar surface area (TPSA) is 29.5 Å². The second-order valence-electron chi connectivity index (χ2n) is 2.63. The minimum atomic E-state index is -0.127. The van der Waals surface area contributed by atoms with Crippen molar-refractivity contribution in [3.8, 4) is 5.75 Å². The average Bonchev–Trinajstić information content (AvgIpc) is 2.16. The van der Waals surface area contributed by atoms with Gasteiger partial charge in [0.2, 0.25) is 0 Å². The molecule has 1 aromatic rings. The predicted molar refractivity (Wildman–Crippen MR) is 64.1 cm³/mol. The van der Waals surface area contributed by atoms with Gasteiger partial charge >= 0.3 is 0 Å². The summed E-state index contributed by atoms with van der Waals surface area (Å²) in [5.74, 6) is 0.515. The first-order chi connectivity index (χ1) is 6.56. The molecule has 14 heavy (non-hydrogen) atoms. The SMILES string of the molecule is COc1ccc(C(=O)N(C)I)c(Cl)c1. The minimum Gasteiger partial charge on any atom is -0.497 e.